The number of carbonyl (C=O) groups is 2. The number of carboxylic acids is 1. The van der Waals surface area contributed by atoms with Crippen LogP contribution in [0.15, 0.2) is 23.1 Å². The monoisotopic (exact) mass is 357 g/mol. The molecule has 1 aliphatic rings. The van der Waals surface area contributed by atoms with Gasteiger partial charge in [0.2, 0.25) is 0 Å². The number of nitrogens with zero attached hydrogens (tertiary/aromatic N) is 1. The third-order valence-electron chi connectivity index (χ3n) is 2.92. The van der Waals surface area contributed by atoms with Gasteiger partial charge in [-0.15, -0.1) is 0 Å². The van der Waals surface area contributed by atoms with E-state index < -0.39 is 5.97 Å². The highest BCUT2D eigenvalue weighted by Gasteiger charge is 2.31. The number of hydrogen-bond donors (Lipinski definition) is 2. The zero-order valence-electron chi connectivity index (χ0n) is 11.3. The first-order valence-corrected chi connectivity index (χ1v) is 7.94. The van der Waals surface area contributed by atoms with Gasteiger partial charge in [-0.2, -0.15) is 0 Å². The zero-order valence-corrected chi connectivity index (χ0v) is 13.7. The van der Waals surface area contributed by atoms with Crippen LogP contribution in [0.4, 0.5) is 0 Å². The maximum atomic E-state index is 12.3. The normalized spacial score (nSPS) is 16.6. The van der Waals surface area contributed by atoms with E-state index in [2.05, 4.69) is 0 Å². The molecule has 5 nitrogen and oxygen atoms in total. The third-order valence-corrected chi connectivity index (χ3v) is 4.54. The summed E-state index contributed by atoms with van der Waals surface area (Å²) in [5.74, 6) is -1.19. The molecule has 1 aromatic carbocycles. The SMILES string of the molecule is O=C(O)CCCN1C(=O)/C(=C/c2cc(Cl)ccc2O)SC1=S. The summed E-state index contributed by atoms with van der Waals surface area (Å²) in [5, 5.41) is 18.9. The van der Waals surface area contributed by atoms with Crippen molar-refractivity contribution in [2.24, 2.45) is 0 Å². The summed E-state index contributed by atoms with van der Waals surface area (Å²) in [6.07, 6.45) is 1.83. The molecule has 1 heterocycles. The quantitative estimate of drug-likeness (QED) is 0.622. The van der Waals surface area contributed by atoms with E-state index in [1.807, 2.05) is 0 Å². The number of aromatic hydroxyl groups is 1. The lowest BCUT2D eigenvalue weighted by molar-refractivity contribution is -0.137. The Bertz CT molecular complexity index is 675. The lowest BCUT2D eigenvalue weighted by Crippen LogP contribution is -2.29. The number of phenols is 1. The van der Waals surface area contributed by atoms with Crippen LogP contribution in [0.5, 0.6) is 5.75 Å². The second kappa shape index (κ2) is 7.13. The second-order valence-electron chi connectivity index (χ2n) is 4.53. The first-order valence-electron chi connectivity index (χ1n) is 6.34. The Hall–Kier alpha value is -1.57. The summed E-state index contributed by atoms with van der Waals surface area (Å²) in [6, 6.07) is 4.54. The Morgan fingerprint density at radius 1 is 1.45 bits per heavy atom. The molecule has 0 aliphatic carbocycles. The minimum Gasteiger partial charge on any atom is -0.507 e. The van der Waals surface area contributed by atoms with E-state index in [0.29, 0.717) is 26.2 Å². The predicted molar refractivity (Wildman–Crippen MR) is 89.9 cm³/mol. The van der Waals surface area contributed by atoms with E-state index in [9.17, 15) is 14.7 Å². The van der Waals surface area contributed by atoms with Gasteiger partial charge in [0.15, 0.2) is 0 Å². The van der Waals surface area contributed by atoms with Crippen LogP contribution >= 0.6 is 35.6 Å². The fourth-order valence-corrected chi connectivity index (χ4v) is 3.34. The Labute approximate surface area is 141 Å². The number of benzene rings is 1. The number of thioether (sulfide) groups is 1. The number of hydrogen-bond acceptors (Lipinski definition) is 5. The molecular weight excluding hydrogens is 346 g/mol. The van der Waals surface area contributed by atoms with Gasteiger partial charge in [-0.3, -0.25) is 14.5 Å². The highest BCUT2D eigenvalue weighted by atomic mass is 35.5. The molecule has 1 saturated heterocycles. The van der Waals surface area contributed by atoms with Crippen molar-refractivity contribution in [2.75, 3.05) is 6.54 Å². The molecule has 0 aromatic heterocycles. The maximum absolute atomic E-state index is 12.3. The first kappa shape index (κ1) is 16.8. The number of aliphatic carboxylic acids is 1. The van der Waals surface area contributed by atoms with E-state index in [0.717, 1.165) is 11.8 Å². The van der Waals surface area contributed by atoms with Crippen molar-refractivity contribution in [3.05, 3.63) is 33.7 Å². The fraction of sp³-hybridized carbons (Fsp3) is 0.214. The fourth-order valence-electron chi connectivity index (χ4n) is 1.86. The summed E-state index contributed by atoms with van der Waals surface area (Å²) >= 11 is 12.1. The van der Waals surface area contributed by atoms with E-state index in [1.165, 1.54) is 17.0 Å². The topological polar surface area (TPSA) is 77.8 Å². The van der Waals surface area contributed by atoms with Crippen LogP contribution in [0.1, 0.15) is 18.4 Å². The lowest BCUT2D eigenvalue weighted by Gasteiger charge is -2.13. The van der Waals surface area contributed by atoms with Crippen LogP contribution in [0.25, 0.3) is 6.08 Å². The number of carboxylic acid groups (broad SMARTS) is 1. The van der Waals surface area contributed by atoms with Gasteiger partial charge in [-0.05, 0) is 30.7 Å². The van der Waals surface area contributed by atoms with E-state index >= 15 is 0 Å². The minimum absolute atomic E-state index is 0.0144. The first-order chi connectivity index (χ1) is 10.4. The summed E-state index contributed by atoms with van der Waals surface area (Å²) in [4.78, 5) is 24.5. The number of phenolic OH excluding ortho intramolecular Hbond substituents is 1. The zero-order chi connectivity index (χ0) is 16.3. The molecule has 2 rings (SSSR count). The van der Waals surface area contributed by atoms with Gasteiger partial charge in [0.05, 0.1) is 4.91 Å². The Balaban J connectivity index is 2.15. The Kier molecular flexibility index (Phi) is 5.44. The molecule has 0 atom stereocenters. The number of amides is 1. The number of halogens is 1. The molecule has 0 saturated carbocycles. The summed E-state index contributed by atoms with van der Waals surface area (Å²) in [6.45, 7) is 0.260. The molecule has 1 amide bonds. The standard InChI is InChI=1S/C14H12ClNO4S2/c15-9-3-4-10(17)8(6-9)7-11-13(20)16(14(21)22-11)5-1-2-12(18)19/h3-4,6-7,17H,1-2,5H2,(H,18,19)/b11-7-. The smallest absolute Gasteiger partial charge is 0.303 e. The predicted octanol–water partition coefficient (Wildman–Crippen LogP) is 3.11. The van der Waals surface area contributed by atoms with Crippen molar-refractivity contribution in [1.29, 1.82) is 0 Å². The molecule has 0 unspecified atom stereocenters. The second-order valence-corrected chi connectivity index (χ2v) is 6.65. The van der Waals surface area contributed by atoms with E-state index in [1.54, 1.807) is 12.1 Å². The van der Waals surface area contributed by atoms with Crippen molar-refractivity contribution in [1.82, 2.24) is 4.90 Å². The van der Waals surface area contributed by atoms with Gasteiger partial charge >= 0.3 is 5.97 Å². The van der Waals surface area contributed by atoms with Crippen LogP contribution in [0, 0.1) is 0 Å². The lowest BCUT2D eigenvalue weighted by atomic mass is 10.2. The van der Waals surface area contributed by atoms with Crippen molar-refractivity contribution < 1.29 is 19.8 Å². The molecule has 2 N–H and O–H groups in total. The molecule has 1 aromatic rings. The molecule has 1 aliphatic heterocycles. The summed E-state index contributed by atoms with van der Waals surface area (Å²) in [7, 11) is 0. The van der Waals surface area contributed by atoms with Crippen LogP contribution in [-0.4, -0.2) is 37.9 Å². The average molecular weight is 358 g/mol. The number of rotatable bonds is 5. The summed E-state index contributed by atoms with van der Waals surface area (Å²) in [5.41, 5.74) is 0.429. The van der Waals surface area contributed by atoms with Crippen molar-refractivity contribution in [2.45, 2.75) is 12.8 Å². The molecule has 1 fully saturated rings. The molecule has 0 spiro atoms. The van der Waals surface area contributed by atoms with Gasteiger partial charge in [-0.25, -0.2) is 0 Å². The largest absolute Gasteiger partial charge is 0.507 e. The Morgan fingerprint density at radius 3 is 2.86 bits per heavy atom. The third kappa shape index (κ3) is 4.00. The highest BCUT2D eigenvalue weighted by molar-refractivity contribution is 8.26. The van der Waals surface area contributed by atoms with Gasteiger partial charge < -0.3 is 10.2 Å². The van der Waals surface area contributed by atoms with Gasteiger partial charge in [0.1, 0.15) is 10.1 Å². The average Bonchev–Trinajstić information content (AvgIpc) is 2.70. The molecule has 22 heavy (non-hydrogen) atoms. The number of carbonyl (C=O) groups excluding carboxylic acids is 1. The van der Waals surface area contributed by atoms with Crippen LogP contribution < -0.4 is 0 Å². The highest BCUT2D eigenvalue weighted by Crippen LogP contribution is 2.34. The maximum Gasteiger partial charge on any atom is 0.303 e. The minimum atomic E-state index is -0.912. The molecule has 8 heteroatoms. The summed E-state index contributed by atoms with van der Waals surface area (Å²) < 4.78 is 0.378. The van der Waals surface area contributed by atoms with Gasteiger partial charge in [-0.1, -0.05) is 35.6 Å². The Morgan fingerprint density at radius 2 is 2.18 bits per heavy atom. The van der Waals surface area contributed by atoms with Crippen LogP contribution in [-0.2, 0) is 9.59 Å². The van der Waals surface area contributed by atoms with Crippen molar-refractivity contribution >= 4 is 57.9 Å². The van der Waals surface area contributed by atoms with Crippen LogP contribution in [0.3, 0.4) is 0 Å². The molecule has 0 bridgehead atoms. The molecule has 0 radical (unpaired) electrons. The molecular formula is C14H12ClNO4S2. The van der Waals surface area contributed by atoms with E-state index in [-0.39, 0.29) is 24.6 Å². The van der Waals surface area contributed by atoms with E-state index in [4.69, 9.17) is 28.9 Å². The van der Waals surface area contributed by atoms with Crippen LogP contribution in [0.2, 0.25) is 5.02 Å². The number of thiocarbonyl (C=S) groups is 1. The van der Waals surface area contributed by atoms with Gasteiger partial charge in [0.25, 0.3) is 5.91 Å². The van der Waals surface area contributed by atoms with Gasteiger partial charge in [0, 0.05) is 23.6 Å². The van der Waals surface area contributed by atoms with Crippen molar-refractivity contribution in [3.8, 4) is 5.75 Å². The molecule has 116 valence electrons. The van der Waals surface area contributed by atoms with Crippen molar-refractivity contribution in [3.63, 3.8) is 0 Å².